The van der Waals surface area contributed by atoms with E-state index in [0.717, 1.165) is 5.56 Å². The van der Waals surface area contributed by atoms with Gasteiger partial charge in [0.05, 0.1) is 5.92 Å². The maximum atomic E-state index is 11.8. The van der Waals surface area contributed by atoms with Gasteiger partial charge in [0.2, 0.25) is 5.91 Å². The highest BCUT2D eigenvalue weighted by Crippen LogP contribution is 2.28. The average Bonchev–Trinajstić information content (AvgIpc) is 2.93. The maximum Gasteiger partial charge on any atom is 0.308 e. The number of rotatable bonds is 2. The van der Waals surface area contributed by atoms with Crippen LogP contribution in [0.15, 0.2) is 18.2 Å². The molecule has 1 saturated heterocycles. The number of nitrogens with zero attached hydrogens (tertiary/aromatic N) is 1. The lowest BCUT2D eigenvalue weighted by Crippen LogP contribution is -2.25. The number of amides is 2. The zero-order valence-corrected chi connectivity index (χ0v) is 10.0. The quantitative estimate of drug-likeness (QED) is 0.804. The molecule has 98 valence electrons. The van der Waals surface area contributed by atoms with E-state index in [0.29, 0.717) is 17.8 Å². The number of carboxylic acids is 1. The second kappa shape index (κ2) is 4.08. The monoisotopic (exact) mass is 260 g/mol. The first kappa shape index (κ1) is 11.7. The SMILES string of the molecule is O=C1NCc2cc(N3CC(C(=O)O)CC3=O)ccc21. The number of hydrogen-bond acceptors (Lipinski definition) is 3. The Kier molecular flexibility index (Phi) is 2.51. The predicted octanol–water partition coefficient (Wildman–Crippen LogP) is 0.367. The first-order valence-corrected chi connectivity index (χ1v) is 6.00. The topological polar surface area (TPSA) is 86.7 Å². The van der Waals surface area contributed by atoms with Gasteiger partial charge in [0.15, 0.2) is 0 Å². The van der Waals surface area contributed by atoms with Crippen LogP contribution < -0.4 is 10.2 Å². The van der Waals surface area contributed by atoms with Crippen LogP contribution in [0.2, 0.25) is 0 Å². The van der Waals surface area contributed by atoms with E-state index in [9.17, 15) is 14.4 Å². The molecule has 2 N–H and O–H groups in total. The van der Waals surface area contributed by atoms with Crippen molar-refractivity contribution in [1.82, 2.24) is 5.32 Å². The third-order valence-electron chi connectivity index (χ3n) is 3.56. The van der Waals surface area contributed by atoms with E-state index < -0.39 is 11.9 Å². The van der Waals surface area contributed by atoms with E-state index in [4.69, 9.17) is 5.11 Å². The molecule has 1 aromatic rings. The lowest BCUT2D eigenvalue weighted by atomic mass is 10.1. The summed E-state index contributed by atoms with van der Waals surface area (Å²) >= 11 is 0. The van der Waals surface area contributed by atoms with E-state index in [-0.39, 0.29) is 24.8 Å². The van der Waals surface area contributed by atoms with Crippen molar-refractivity contribution in [2.75, 3.05) is 11.4 Å². The number of carbonyl (C=O) groups excluding carboxylic acids is 2. The van der Waals surface area contributed by atoms with Crippen LogP contribution in [0.4, 0.5) is 5.69 Å². The summed E-state index contributed by atoms with van der Waals surface area (Å²) in [5.74, 6) is -1.91. The first-order valence-electron chi connectivity index (χ1n) is 6.00. The fraction of sp³-hybridized carbons (Fsp3) is 0.308. The van der Waals surface area contributed by atoms with Gasteiger partial charge in [0.1, 0.15) is 0 Å². The molecule has 0 aliphatic carbocycles. The molecular weight excluding hydrogens is 248 g/mol. The van der Waals surface area contributed by atoms with Crippen LogP contribution in [0.25, 0.3) is 0 Å². The van der Waals surface area contributed by atoms with Gasteiger partial charge in [0, 0.05) is 30.8 Å². The number of carbonyl (C=O) groups is 3. The number of hydrogen-bond donors (Lipinski definition) is 2. The van der Waals surface area contributed by atoms with Crippen molar-refractivity contribution >= 4 is 23.5 Å². The molecule has 0 aromatic heterocycles. The molecule has 6 heteroatoms. The Morgan fingerprint density at radius 3 is 2.84 bits per heavy atom. The van der Waals surface area contributed by atoms with Crippen molar-refractivity contribution in [3.63, 3.8) is 0 Å². The van der Waals surface area contributed by atoms with Crippen molar-refractivity contribution in [3.8, 4) is 0 Å². The number of benzene rings is 1. The van der Waals surface area contributed by atoms with E-state index >= 15 is 0 Å². The van der Waals surface area contributed by atoms with Gasteiger partial charge < -0.3 is 15.3 Å². The second-order valence-electron chi connectivity index (χ2n) is 4.77. The molecular formula is C13H12N2O4. The zero-order chi connectivity index (χ0) is 13.6. The molecule has 19 heavy (non-hydrogen) atoms. The molecule has 1 unspecified atom stereocenters. The summed E-state index contributed by atoms with van der Waals surface area (Å²) in [6, 6.07) is 5.13. The van der Waals surface area contributed by atoms with Gasteiger partial charge in [-0.3, -0.25) is 14.4 Å². The van der Waals surface area contributed by atoms with E-state index in [1.54, 1.807) is 18.2 Å². The number of aliphatic carboxylic acids is 1. The molecule has 2 aliphatic rings. The third kappa shape index (κ3) is 1.85. The summed E-state index contributed by atoms with van der Waals surface area (Å²) in [7, 11) is 0. The minimum atomic E-state index is -0.950. The minimum Gasteiger partial charge on any atom is -0.481 e. The number of anilines is 1. The third-order valence-corrected chi connectivity index (χ3v) is 3.56. The molecule has 2 amide bonds. The van der Waals surface area contributed by atoms with Crippen LogP contribution in [0.3, 0.4) is 0 Å². The predicted molar refractivity (Wildman–Crippen MR) is 65.7 cm³/mol. The fourth-order valence-corrected chi connectivity index (χ4v) is 2.51. The lowest BCUT2D eigenvalue weighted by Gasteiger charge is -2.16. The molecule has 0 saturated carbocycles. The highest BCUT2D eigenvalue weighted by molar-refractivity contribution is 6.01. The van der Waals surface area contributed by atoms with Gasteiger partial charge in [0.25, 0.3) is 5.91 Å². The van der Waals surface area contributed by atoms with Crippen molar-refractivity contribution in [2.45, 2.75) is 13.0 Å². The molecule has 3 rings (SSSR count). The molecule has 0 radical (unpaired) electrons. The summed E-state index contributed by atoms with van der Waals surface area (Å²) in [6.45, 7) is 0.640. The highest BCUT2D eigenvalue weighted by atomic mass is 16.4. The maximum absolute atomic E-state index is 11.8. The standard InChI is InChI=1S/C13H12N2O4/c16-11-4-8(13(18)19)6-15(11)9-1-2-10-7(3-9)5-14-12(10)17/h1-3,8H,4-6H2,(H,14,17)(H,18,19). The molecule has 1 aromatic carbocycles. The van der Waals surface area contributed by atoms with Crippen LogP contribution >= 0.6 is 0 Å². The Balaban J connectivity index is 1.90. The fourth-order valence-electron chi connectivity index (χ4n) is 2.51. The molecule has 2 heterocycles. The summed E-state index contributed by atoms with van der Waals surface area (Å²) in [6.07, 6.45) is 0.0313. The summed E-state index contributed by atoms with van der Waals surface area (Å²) < 4.78 is 0. The van der Waals surface area contributed by atoms with Crippen LogP contribution in [0, 0.1) is 5.92 Å². The minimum absolute atomic E-state index is 0.0313. The van der Waals surface area contributed by atoms with Gasteiger partial charge in [-0.1, -0.05) is 0 Å². The van der Waals surface area contributed by atoms with E-state index in [1.807, 2.05) is 0 Å². The Morgan fingerprint density at radius 2 is 2.16 bits per heavy atom. The van der Waals surface area contributed by atoms with Crippen LogP contribution in [-0.4, -0.2) is 29.4 Å². The van der Waals surface area contributed by atoms with E-state index in [1.165, 1.54) is 4.90 Å². The average molecular weight is 260 g/mol. The summed E-state index contributed by atoms with van der Waals surface area (Å²) in [5.41, 5.74) is 2.11. The van der Waals surface area contributed by atoms with Crippen molar-refractivity contribution in [1.29, 1.82) is 0 Å². The molecule has 2 aliphatic heterocycles. The van der Waals surface area contributed by atoms with Gasteiger partial charge >= 0.3 is 5.97 Å². The second-order valence-corrected chi connectivity index (χ2v) is 4.77. The Bertz CT molecular complexity index is 596. The smallest absolute Gasteiger partial charge is 0.308 e. The summed E-state index contributed by atoms with van der Waals surface area (Å²) in [4.78, 5) is 35.7. The first-order chi connectivity index (χ1) is 9.06. The van der Waals surface area contributed by atoms with Gasteiger partial charge in [-0.05, 0) is 23.8 Å². The van der Waals surface area contributed by atoms with Crippen molar-refractivity contribution in [2.24, 2.45) is 5.92 Å². The normalized spacial score (nSPS) is 21.5. The van der Waals surface area contributed by atoms with Crippen LogP contribution in [0.5, 0.6) is 0 Å². The van der Waals surface area contributed by atoms with Gasteiger partial charge in [-0.25, -0.2) is 0 Å². The molecule has 1 fully saturated rings. The number of fused-ring (bicyclic) bond motifs is 1. The Labute approximate surface area is 109 Å². The Hall–Kier alpha value is -2.37. The van der Waals surface area contributed by atoms with Gasteiger partial charge in [-0.15, -0.1) is 0 Å². The lowest BCUT2D eigenvalue weighted by molar-refractivity contribution is -0.141. The zero-order valence-electron chi connectivity index (χ0n) is 10.0. The Morgan fingerprint density at radius 1 is 1.37 bits per heavy atom. The molecule has 6 nitrogen and oxygen atoms in total. The largest absolute Gasteiger partial charge is 0.481 e. The molecule has 0 bridgehead atoms. The molecule has 0 spiro atoms. The number of carboxylic acid groups (broad SMARTS) is 1. The van der Waals surface area contributed by atoms with E-state index in [2.05, 4.69) is 5.32 Å². The summed E-state index contributed by atoms with van der Waals surface area (Å²) in [5, 5.41) is 11.7. The van der Waals surface area contributed by atoms with Crippen molar-refractivity contribution in [3.05, 3.63) is 29.3 Å². The number of nitrogens with one attached hydrogen (secondary N) is 1. The molecule has 1 atom stereocenters. The van der Waals surface area contributed by atoms with Crippen molar-refractivity contribution < 1.29 is 19.5 Å². The van der Waals surface area contributed by atoms with Crippen LogP contribution in [0.1, 0.15) is 22.3 Å². The van der Waals surface area contributed by atoms with Crippen LogP contribution in [-0.2, 0) is 16.1 Å². The highest BCUT2D eigenvalue weighted by Gasteiger charge is 2.35. The van der Waals surface area contributed by atoms with Gasteiger partial charge in [-0.2, -0.15) is 0 Å².